The van der Waals surface area contributed by atoms with Crippen molar-refractivity contribution in [1.82, 2.24) is 14.9 Å². The number of hydrogen-bond acceptors (Lipinski definition) is 5. The molecule has 2 aromatic heterocycles. The minimum absolute atomic E-state index is 0.290. The lowest BCUT2D eigenvalue weighted by atomic mass is 9.91. The van der Waals surface area contributed by atoms with Gasteiger partial charge in [0.25, 0.3) is 0 Å². The number of Topliss-reactive ketones (excluding diaryl/α,β-unsaturated/α-hetero) is 1. The molecule has 140 valence electrons. The van der Waals surface area contributed by atoms with Gasteiger partial charge in [-0.1, -0.05) is 6.92 Å². The molecule has 0 unspecified atom stereocenters. The van der Waals surface area contributed by atoms with Gasteiger partial charge in [-0.2, -0.15) is 0 Å². The SMILES string of the molecule is Cc1cc(C2=NCc3cc(CC(=O)C[C@@H]4CN(C)C[C@H]4C)ncc32)ccn1. The maximum Gasteiger partial charge on any atom is 0.139 e. The van der Waals surface area contributed by atoms with Crippen LogP contribution in [0.3, 0.4) is 0 Å². The smallest absolute Gasteiger partial charge is 0.139 e. The largest absolute Gasteiger partial charge is 0.306 e. The van der Waals surface area contributed by atoms with Crippen LogP contribution in [0.5, 0.6) is 0 Å². The van der Waals surface area contributed by atoms with E-state index in [4.69, 9.17) is 4.99 Å². The van der Waals surface area contributed by atoms with Crippen molar-refractivity contribution in [2.45, 2.75) is 33.2 Å². The van der Waals surface area contributed by atoms with Crippen molar-refractivity contribution in [2.75, 3.05) is 20.1 Å². The van der Waals surface area contributed by atoms with E-state index in [1.54, 1.807) is 0 Å². The fourth-order valence-corrected chi connectivity index (χ4v) is 4.30. The fourth-order valence-electron chi connectivity index (χ4n) is 4.30. The average molecular weight is 362 g/mol. The summed E-state index contributed by atoms with van der Waals surface area (Å²) in [5.74, 6) is 1.35. The molecule has 2 aliphatic heterocycles. The van der Waals surface area contributed by atoms with Crippen LogP contribution >= 0.6 is 0 Å². The number of fused-ring (bicyclic) bond motifs is 1. The lowest BCUT2D eigenvalue weighted by Crippen LogP contribution is -2.18. The van der Waals surface area contributed by atoms with E-state index in [1.807, 2.05) is 31.5 Å². The van der Waals surface area contributed by atoms with Gasteiger partial charge in [0.1, 0.15) is 5.78 Å². The van der Waals surface area contributed by atoms with Gasteiger partial charge < -0.3 is 4.90 Å². The summed E-state index contributed by atoms with van der Waals surface area (Å²) in [6, 6.07) is 6.09. The molecule has 4 rings (SSSR count). The van der Waals surface area contributed by atoms with E-state index >= 15 is 0 Å². The second kappa shape index (κ2) is 7.31. The van der Waals surface area contributed by atoms with Crippen LogP contribution < -0.4 is 0 Å². The number of ketones is 1. The van der Waals surface area contributed by atoms with E-state index in [1.165, 1.54) is 0 Å². The normalized spacial score (nSPS) is 22.0. The van der Waals surface area contributed by atoms with Crippen molar-refractivity contribution in [3.05, 3.63) is 58.7 Å². The van der Waals surface area contributed by atoms with Gasteiger partial charge in [0.2, 0.25) is 0 Å². The zero-order valence-electron chi connectivity index (χ0n) is 16.3. The molecule has 5 heteroatoms. The quantitative estimate of drug-likeness (QED) is 0.821. The number of aliphatic imine (C=N–C) groups is 1. The topological polar surface area (TPSA) is 58.5 Å². The van der Waals surface area contributed by atoms with E-state index < -0.39 is 0 Å². The van der Waals surface area contributed by atoms with Gasteiger partial charge in [-0.3, -0.25) is 19.8 Å². The molecule has 0 radical (unpaired) electrons. The van der Waals surface area contributed by atoms with Crippen molar-refractivity contribution in [3.63, 3.8) is 0 Å². The Kier molecular flexibility index (Phi) is 4.87. The number of rotatable bonds is 5. The Bertz CT molecular complexity index is 905. The maximum absolute atomic E-state index is 12.6. The van der Waals surface area contributed by atoms with E-state index in [0.29, 0.717) is 37.0 Å². The molecule has 0 N–H and O–H groups in total. The van der Waals surface area contributed by atoms with E-state index in [0.717, 1.165) is 46.9 Å². The Morgan fingerprint density at radius 2 is 2.11 bits per heavy atom. The third kappa shape index (κ3) is 3.83. The third-order valence-electron chi connectivity index (χ3n) is 5.70. The summed E-state index contributed by atoms with van der Waals surface area (Å²) in [6.07, 6.45) is 4.77. The predicted molar refractivity (Wildman–Crippen MR) is 106 cm³/mol. The minimum Gasteiger partial charge on any atom is -0.306 e. The molecule has 0 amide bonds. The van der Waals surface area contributed by atoms with E-state index in [-0.39, 0.29) is 0 Å². The number of hydrogen-bond donors (Lipinski definition) is 0. The summed E-state index contributed by atoms with van der Waals surface area (Å²) < 4.78 is 0. The maximum atomic E-state index is 12.6. The molecule has 5 nitrogen and oxygen atoms in total. The monoisotopic (exact) mass is 362 g/mol. The molecule has 0 aliphatic carbocycles. The highest BCUT2D eigenvalue weighted by atomic mass is 16.1. The number of nitrogens with zero attached hydrogens (tertiary/aromatic N) is 4. The number of pyridine rings is 2. The molecule has 4 heterocycles. The van der Waals surface area contributed by atoms with Gasteiger partial charge in [-0.15, -0.1) is 0 Å². The van der Waals surface area contributed by atoms with Gasteiger partial charge in [-0.25, -0.2) is 0 Å². The summed E-state index contributed by atoms with van der Waals surface area (Å²) in [5.41, 5.74) is 6.12. The molecule has 2 atom stereocenters. The van der Waals surface area contributed by atoms with Crippen molar-refractivity contribution < 1.29 is 4.79 Å². The molecule has 0 bridgehead atoms. The van der Waals surface area contributed by atoms with Crippen molar-refractivity contribution in [2.24, 2.45) is 16.8 Å². The van der Waals surface area contributed by atoms with Crippen LogP contribution in [0.4, 0.5) is 0 Å². The van der Waals surface area contributed by atoms with Gasteiger partial charge in [0, 0.05) is 60.8 Å². The Balaban J connectivity index is 1.45. The minimum atomic E-state index is 0.290. The molecular weight excluding hydrogens is 336 g/mol. The van der Waals surface area contributed by atoms with Crippen LogP contribution in [0.15, 0.2) is 35.6 Å². The summed E-state index contributed by atoms with van der Waals surface area (Å²) >= 11 is 0. The van der Waals surface area contributed by atoms with Gasteiger partial charge in [-0.05, 0) is 49.6 Å². The van der Waals surface area contributed by atoms with Crippen molar-refractivity contribution in [3.8, 4) is 0 Å². The third-order valence-corrected chi connectivity index (χ3v) is 5.70. The number of likely N-dealkylation sites (tertiary alicyclic amines) is 1. The first kappa shape index (κ1) is 18.0. The fraction of sp³-hybridized carbons (Fsp3) is 0.455. The highest BCUT2D eigenvalue weighted by Gasteiger charge is 2.29. The Labute approximate surface area is 160 Å². The molecule has 1 fully saturated rings. The zero-order chi connectivity index (χ0) is 19.0. The molecule has 0 spiro atoms. The first-order valence-electron chi connectivity index (χ1n) is 9.65. The molecular formula is C22H26N4O. The van der Waals surface area contributed by atoms with E-state index in [9.17, 15) is 4.79 Å². The Hall–Kier alpha value is -2.40. The van der Waals surface area contributed by atoms with E-state index in [2.05, 4.69) is 34.9 Å². The summed E-state index contributed by atoms with van der Waals surface area (Å²) in [4.78, 5) is 28.4. The second-order valence-electron chi connectivity index (χ2n) is 8.06. The van der Waals surface area contributed by atoms with Gasteiger partial charge >= 0.3 is 0 Å². The van der Waals surface area contributed by atoms with Gasteiger partial charge in [0.15, 0.2) is 0 Å². The molecule has 27 heavy (non-hydrogen) atoms. The summed E-state index contributed by atoms with van der Waals surface area (Å²) in [7, 11) is 2.13. The predicted octanol–water partition coefficient (Wildman–Crippen LogP) is 2.84. The number of carbonyl (C=O) groups excluding carboxylic acids is 1. The van der Waals surface area contributed by atoms with Crippen LogP contribution in [0, 0.1) is 18.8 Å². The Morgan fingerprint density at radius 1 is 1.26 bits per heavy atom. The van der Waals surface area contributed by atoms with Crippen LogP contribution in [0.1, 0.15) is 41.4 Å². The lowest BCUT2D eigenvalue weighted by Gasteiger charge is -2.13. The first-order chi connectivity index (χ1) is 13.0. The number of carbonyl (C=O) groups is 1. The summed E-state index contributed by atoms with van der Waals surface area (Å²) in [5, 5.41) is 0. The first-order valence-corrected chi connectivity index (χ1v) is 9.65. The molecule has 2 aliphatic rings. The lowest BCUT2D eigenvalue weighted by molar-refractivity contribution is -0.119. The summed E-state index contributed by atoms with van der Waals surface area (Å²) in [6.45, 7) is 6.99. The van der Waals surface area contributed by atoms with Crippen LogP contribution in [0.25, 0.3) is 0 Å². The van der Waals surface area contributed by atoms with Crippen LogP contribution in [-0.2, 0) is 17.8 Å². The molecule has 2 aromatic rings. The molecule has 0 saturated carbocycles. The zero-order valence-corrected chi connectivity index (χ0v) is 16.3. The molecule has 1 saturated heterocycles. The van der Waals surface area contributed by atoms with Crippen molar-refractivity contribution >= 4 is 11.5 Å². The highest BCUT2D eigenvalue weighted by molar-refractivity contribution is 6.15. The number of aromatic nitrogens is 2. The van der Waals surface area contributed by atoms with Gasteiger partial charge in [0.05, 0.1) is 12.3 Å². The van der Waals surface area contributed by atoms with Crippen LogP contribution in [0.2, 0.25) is 0 Å². The molecule has 0 aromatic carbocycles. The van der Waals surface area contributed by atoms with Crippen LogP contribution in [-0.4, -0.2) is 46.5 Å². The van der Waals surface area contributed by atoms with Crippen molar-refractivity contribution in [1.29, 1.82) is 0 Å². The average Bonchev–Trinajstić information content (AvgIpc) is 3.17. The Morgan fingerprint density at radius 3 is 2.85 bits per heavy atom. The second-order valence-corrected chi connectivity index (χ2v) is 8.06. The highest BCUT2D eigenvalue weighted by Crippen LogP contribution is 2.26. The number of aryl methyl sites for hydroxylation is 1. The standard InChI is InChI=1S/C22H26N4O/c1-14-12-26(3)13-18(14)8-20(27)9-19-7-17-10-25-22(21(17)11-24-19)16-4-5-23-15(2)6-16/h4-7,11,14,18H,8-10,12-13H2,1-3H3/t14-,18-/m1/s1.